The lowest BCUT2D eigenvalue weighted by Gasteiger charge is -2.06. The molecule has 0 N–H and O–H groups in total. The second-order valence-electron chi connectivity index (χ2n) is 5.65. The Kier molecular flexibility index (Phi) is 3.85. The normalized spacial score (nSPS) is 11.0. The summed E-state index contributed by atoms with van der Waals surface area (Å²) in [7, 11) is 0. The Morgan fingerprint density at radius 1 is 1.08 bits per heavy atom. The molecule has 0 aliphatic rings. The van der Waals surface area contributed by atoms with Crippen LogP contribution in [-0.2, 0) is 6.61 Å². The van der Waals surface area contributed by atoms with Crippen molar-refractivity contribution < 1.29 is 9.13 Å². The molecule has 0 fully saturated rings. The van der Waals surface area contributed by atoms with E-state index in [4.69, 9.17) is 4.74 Å². The largest absolute Gasteiger partial charge is 0.471 e. The second kappa shape index (κ2) is 6.32. The second-order valence-corrected chi connectivity index (χ2v) is 5.65. The summed E-state index contributed by atoms with van der Waals surface area (Å²) in [4.78, 5) is 12.9. The lowest BCUT2D eigenvalue weighted by molar-refractivity contribution is 0.290. The zero-order chi connectivity index (χ0) is 17.2. The van der Waals surface area contributed by atoms with Crippen LogP contribution in [0.2, 0.25) is 0 Å². The van der Waals surface area contributed by atoms with E-state index in [2.05, 4.69) is 15.0 Å². The van der Waals surface area contributed by atoms with Crippen molar-refractivity contribution in [2.45, 2.75) is 13.5 Å². The lowest BCUT2D eigenvalue weighted by Crippen LogP contribution is -1.96. The Labute approximate surface area is 143 Å². The van der Waals surface area contributed by atoms with Crippen LogP contribution >= 0.6 is 0 Å². The molecule has 3 heterocycles. The molecule has 0 unspecified atom stereocenters. The monoisotopic (exact) mass is 334 g/mol. The molecule has 25 heavy (non-hydrogen) atoms. The van der Waals surface area contributed by atoms with Crippen molar-refractivity contribution in [3.63, 3.8) is 0 Å². The first kappa shape index (κ1) is 15.3. The Hall–Kier alpha value is -3.28. The van der Waals surface area contributed by atoms with Crippen LogP contribution in [0.15, 0.2) is 61.2 Å². The molecule has 4 aromatic rings. The van der Waals surface area contributed by atoms with Crippen molar-refractivity contribution in [1.82, 2.24) is 19.4 Å². The summed E-state index contributed by atoms with van der Waals surface area (Å²) in [5.41, 5.74) is 2.99. The Bertz CT molecular complexity index is 1030. The molecule has 0 saturated carbocycles. The van der Waals surface area contributed by atoms with Crippen LogP contribution in [0.1, 0.15) is 11.3 Å². The average Bonchev–Trinajstić information content (AvgIpc) is 3.05. The number of ether oxygens (including phenoxy) is 1. The fraction of sp³-hybridized carbons (Fsp3) is 0.105. The van der Waals surface area contributed by atoms with E-state index in [0.717, 1.165) is 16.8 Å². The Morgan fingerprint density at radius 3 is 2.84 bits per heavy atom. The smallest absolute Gasteiger partial charge is 0.234 e. The number of hydrogen-bond donors (Lipinski definition) is 0. The van der Waals surface area contributed by atoms with Gasteiger partial charge in [-0.25, -0.2) is 19.3 Å². The number of nitrogens with zero attached hydrogens (tertiary/aromatic N) is 4. The van der Waals surface area contributed by atoms with Gasteiger partial charge in [0.1, 0.15) is 12.4 Å². The lowest BCUT2D eigenvalue weighted by atomic mass is 10.0. The van der Waals surface area contributed by atoms with Gasteiger partial charge in [-0.05, 0) is 30.2 Å². The molecule has 0 aliphatic carbocycles. The third kappa shape index (κ3) is 3.06. The van der Waals surface area contributed by atoms with Crippen molar-refractivity contribution >= 4 is 5.78 Å². The summed E-state index contributed by atoms with van der Waals surface area (Å²) >= 11 is 0. The number of rotatable bonds is 4. The van der Waals surface area contributed by atoms with E-state index < -0.39 is 0 Å². The van der Waals surface area contributed by atoms with Crippen LogP contribution in [0, 0.1) is 12.7 Å². The summed E-state index contributed by atoms with van der Waals surface area (Å²) in [6, 6.07) is 10.5. The first-order valence-corrected chi connectivity index (χ1v) is 7.83. The fourth-order valence-corrected chi connectivity index (χ4v) is 2.64. The van der Waals surface area contributed by atoms with Crippen molar-refractivity contribution in [2.75, 3.05) is 0 Å². The van der Waals surface area contributed by atoms with Crippen molar-refractivity contribution in [2.24, 2.45) is 0 Å². The van der Waals surface area contributed by atoms with Crippen LogP contribution in [0.3, 0.4) is 0 Å². The number of fused-ring (bicyclic) bond motifs is 1. The molecule has 0 saturated heterocycles. The quantitative estimate of drug-likeness (QED) is 0.569. The Balaban J connectivity index is 1.62. The molecule has 4 rings (SSSR count). The first-order chi connectivity index (χ1) is 12.2. The van der Waals surface area contributed by atoms with Crippen LogP contribution in [-0.4, -0.2) is 19.4 Å². The minimum absolute atomic E-state index is 0.229. The Morgan fingerprint density at radius 2 is 2.00 bits per heavy atom. The minimum atomic E-state index is -0.229. The number of hydrogen-bond acceptors (Lipinski definition) is 4. The van der Waals surface area contributed by atoms with Gasteiger partial charge in [0, 0.05) is 36.4 Å². The van der Waals surface area contributed by atoms with Gasteiger partial charge in [0.15, 0.2) is 0 Å². The number of halogens is 1. The molecular weight excluding hydrogens is 319 g/mol. The highest BCUT2D eigenvalue weighted by molar-refractivity contribution is 5.66. The van der Waals surface area contributed by atoms with Gasteiger partial charge in [0.05, 0.1) is 5.69 Å². The number of aromatic nitrogens is 4. The summed E-state index contributed by atoms with van der Waals surface area (Å²) < 4.78 is 21.2. The van der Waals surface area contributed by atoms with Gasteiger partial charge in [-0.2, -0.15) is 0 Å². The highest BCUT2D eigenvalue weighted by Crippen LogP contribution is 2.24. The predicted molar refractivity (Wildman–Crippen MR) is 91.7 cm³/mol. The molecule has 124 valence electrons. The van der Waals surface area contributed by atoms with Crippen LogP contribution < -0.4 is 4.74 Å². The van der Waals surface area contributed by atoms with E-state index >= 15 is 0 Å². The molecule has 3 aromatic heterocycles. The average molecular weight is 334 g/mol. The zero-order valence-electron chi connectivity index (χ0n) is 13.6. The van der Waals surface area contributed by atoms with Crippen molar-refractivity contribution in [3.05, 3.63) is 78.3 Å². The van der Waals surface area contributed by atoms with Crippen LogP contribution in [0.4, 0.5) is 4.39 Å². The number of pyridine rings is 1. The van der Waals surface area contributed by atoms with Gasteiger partial charge in [-0.3, -0.25) is 4.40 Å². The maximum absolute atomic E-state index is 13.8. The SMILES string of the molecule is Cc1c(F)cccc1-c1cnc2nc(COc3ccccn3)cn2c1. The molecule has 0 amide bonds. The summed E-state index contributed by atoms with van der Waals surface area (Å²) in [5, 5.41) is 0. The molecule has 1 aromatic carbocycles. The van der Waals surface area contributed by atoms with Gasteiger partial charge < -0.3 is 4.74 Å². The van der Waals surface area contributed by atoms with Crippen molar-refractivity contribution in [3.8, 4) is 17.0 Å². The minimum Gasteiger partial charge on any atom is -0.471 e. The van der Waals surface area contributed by atoms with E-state index in [-0.39, 0.29) is 5.82 Å². The fourth-order valence-electron chi connectivity index (χ4n) is 2.64. The molecule has 5 nitrogen and oxygen atoms in total. The summed E-state index contributed by atoms with van der Waals surface area (Å²) in [6.07, 6.45) is 7.12. The molecule has 0 radical (unpaired) electrons. The van der Waals surface area contributed by atoms with E-state index in [1.165, 1.54) is 6.07 Å². The molecule has 6 heteroatoms. The van der Waals surface area contributed by atoms with E-state index in [1.807, 2.05) is 35.0 Å². The van der Waals surface area contributed by atoms with Gasteiger partial charge in [0.25, 0.3) is 0 Å². The summed E-state index contributed by atoms with van der Waals surface area (Å²) in [6.45, 7) is 2.06. The standard InChI is InChI=1S/C19H15FN4O/c1-13-16(5-4-6-17(13)20)14-9-22-19-23-15(11-24(19)10-14)12-25-18-7-2-3-8-21-18/h2-11H,12H2,1H3. The highest BCUT2D eigenvalue weighted by atomic mass is 19.1. The van der Waals surface area contributed by atoms with E-state index in [0.29, 0.717) is 23.8 Å². The third-order valence-electron chi connectivity index (χ3n) is 3.94. The molecule has 0 atom stereocenters. The van der Waals surface area contributed by atoms with E-state index in [9.17, 15) is 4.39 Å². The summed E-state index contributed by atoms with van der Waals surface area (Å²) in [5.74, 6) is 0.883. The maximum atomic E-state index is 13.8. The van der Waals surface area contributed by atoms with Gasteiger partial charge in [0.2, 0.25) is 11.7 Å². The van der Waals surface area contributed by atoms with Crippen LogP contribution in [0.5, 0.6) is 5.88 Å². The zero-order valence-corrected chi connectivity index (χ0v) is 13.6. The molecule has 0 aliphatic heterocycles. The third-order valence-corrected chi connectivity index (χ3v) is 3.94. The van der Waals surface area contributed by atoms with Crippen molar-refractivity contribution in [1.29, 1.82) is 0 Å². The van der Waals surface area contributed by atoms with Gasteiger partial charge >= 0.3 is 0 Å². The predicted octanol–water partition coefficient (Wildman–Crippen LogP) is 3.82. The topological polar surface area (TPSA) is 52.3 Å². The van der Waals surface area contributed by atoms with Gasteiger partial charge in [-0.1, -0.05) is 18.2 Å². The highest BCUT2D eigenvalue weighted by Gasteiger charge is 2.09. The van der Waals surface area contributed by atoms with Gasteiger partial charge in [-0.15, -0.1) is 0 Å². The van der Waals surface area contributed by atoms with Crippen LogP contribution in [0.25, 0.3) is 16.9 Å². The number of benzene rings is 1. The first-order valence-electron chi connectivity index (χ1n) is 7.83. The molecule has 0 spiro atoms. The van der Waals surface area contributed by atoms with E-state index in [1.54, 1.807) is 31.5 Å². The molecule has 0 bridgehead atoms. The maximum Gasteiger partial charge on any atom is 0.234 e. The molecular formula is C19H15FN4O. The number of imidazole rings is 1.